The highest BCUT2D eigenvalue weighted by molar-refractivity contribution is 6.05. The summed E-state index contributed by atoms with van der Waals surface area (Å²) in [6.07, 6.45) is 3.96. The van der Waals surface area contributed by atoms with Gasteiger partial charge in [-0.1, -0.05) is 31.1 Å². The Morgan fingerprint density at radius 3 is 1.80 bits per heavy atom. The first-order valence-corrected chi connectivity index (χ1v) is 14.2. The summed E-state index contributed by atoms with van der Waals surface area (Å²) in [5.74, 6) is 1.69. The molecule has 224 valence electrons. The van der Waals surface area contributed by atoms with Crippen LogP contribution in [0.4, 0.5) is 0 Å². The van der Waals surface area contributed by atoms with Gasteiger partial charge in [-0.2, -0.15) is 0 Å². The maximum absolute atomic E-state index is 11.2. The third-order valence-electron chi connectivity index (χ3n) is 5.33. The molecule has 1 heterocycles. The molecule has 1 fully saturated rings. The van der Waals surface area contributed by atoms with Crippen LogP contribution in [0.3, 0.4) is 0 Å². The van der Waals surface area contributed by atoms with Crippen LogP contribution in [-0.2, 0) is 31.8 Å². The highest BCUT2D eigenvalue weighted by Crippen LogP contribution is 2.14. The van der Waals surface area contributed by atoms with Gasteiger partial charge in [0.25, 0.3) is 0 Å². The number of likely N-dealkylation sites (N-methyl/N-ethyl adjacent to an activating group) is 2. The first kappa shape index (κ1) is 37.4. The van der Waals surface area contributed by atoms with Gasteiger partial charge in [0.2, 0.25) is 5.91 Å². The van der Waals surface area contributed by atoms with E-state index in [-0.39, 0.29) is 5.91 Å². The molecule has 0 atom stereocenters. The summed E-state index contributed by atoms with van der Waals surface area (Å²) in [5.41, 5.74) is 2.24. The van der Waals surface area contributed by atoms with Crippen LogP contribution in [0, 0.1) is 0 Å². The van der Waals surface area contributed by atoms with Crippen molar-refractivity contribution in [1.29, 1.82) is 0 Å². The smallest absolute Gasteiger partial charge is 0.224 e. The minimum absolute atomic E-state index is 0.00327. The zero-order chi connectivity index (χ0) is 29.7. The third kappa shape index (κ3) is 21.3. The van der Waals surface area contributed by atoms with E-state index in [2.05, 4.69) is 30.6 Å². The van der Waals surface area contributed by atoms with Gasteiger partial charge in [-0.05, 0) is 82.1 Å². The summed E-state index contributed by atoms with van der Waals surface area (Å²) in [5, 5.41) is 5.73. The van der Waals surface area contributed by atoms with E-state index in [1.54, 1.807) is 7.05 Å². The van der Waals surface area contributed by atoms with Crippen LogP contribution in [0.1, 0.15) is 37.8 Å². The molecule has 0 aliphatic carbocycles. The average molecular weight is 559 g/mol. The minimum atomic E-state index is -0.00327. The molecule has 0 unspecified atom stereocenters. The van der Waals surface area contributed by atoms with Crippen molar-refractivity contribution in [2.24, 2.45) is 0 Å². The number of amides is 1. The molecule has 0 bridgehead atoms. The van der Waals surface area contributed by atoms with Crippen LogP contribution in [0.15, 0.2) is 48.5 Å². The van der Waals surface area contributed by atoms with Gasteiger partial charge in [0.05, 0.1) is 27.5 Å². The summed E-state index contributed by atoms with van der Waals surface area (Å²) < 4.78 is 26.4. The first-order chi connectivity index (χ1) is 19.6. The van der Waals surface area contributed by atoms with Crippen molar-refractivity contribution >= 4 is 13.8 Å². The lowest BCUT2D eigenvalue weighted by atomic mass is 10.1. The Morgan fingerprint density at radius 1 is 0.825 bits per heavy atom. The summed E-state index contributed by atoms with van der Waals surface area (Å²) in [6.45, 7) is 12.2. The number of hydrogen-bond acceptors (Lipinski definition) is 7. The molecule has 2 aromatic rings. The maximum atomic E-state index is 11.2. The second kappa shape index (κ2) is 28.0. The molecule has 2 radical (unpaired) electrons. The summed E-state index contributed by atoms with van der Waals surface area (Å²) in [7, 11) is 8.09. The second-order valence-electron chi connectivity index (χ2n) is 8.41. The minimum Gasteiger partial charge on any atom is -0.491 e. The monoisotopic (exact) mass is 558 g/mol. The van der Waals surface area contributed by atoms with Gasteiger partial charge in [0.15, 0.2) is 0 Å². The van der Waals surface area contributed by atoms with Crippen LogP contribution < -0.4 is 20.1 Å². The lowest BCUT2D eigenvalue weighted by molar-refractivity contribution is -0.119. The molecule has 2 N–H and O–H groups in total. The van der Waals surface area contributed by atoms with Gasteiger partial charge < -0.3 is 34.3 Å². The standard InChI is InChI=1S/C13H19NO3.C13H21NO2.C4H8O.CH3B/c1-3-16-7-8-17-12-6-4-5-11(9-12)10-13(15)14-2;1-3-15-9-10-16-13-6-4-5-12(11-13)7-8-14-2;1-2-4-5-3-1;1-2/h4-6,9H,3,7-8,10H2,1-2H3,(H,14,15);4-6,11,14H,3,7-10H2,1-2H3;1-4H2;1H3. The second-order valence-corrected chi connectivity index (χ2v) is 8.41. The van der Waals surface area contributed by atoms with Crippen LogP contribution in [0.25, 0.3) is 0 Å². The Labute approximate surface area is 243 Å². The van der Waals surface area contributed by atoms with Crippen molar-refractivity contribution in [1.82, 2.24) is 10.6 Å². The van der Waals surface area contributed by atoms with Gasteiger partial charge >= 0.3 is 0 Å². The fourth-order valence-corrected chi connectivity index (χ4v) is 3.32. The lowest BCUT2D eigenvalue weighted by Crippen LogP contribution is -2.19. The fourth-order valence-electron chi connectivity index (χ4n) is 3.32. The van der Waals surface area contributed by atoms with E-state index < -0.39 is 0 Å². The van der Waals surface area contributed by atoms with Gasteiger partial charge in [0, 0.05) is 33.5 Å². The molecule has 0 saturated carbocycles. The van der Waals surface area contributed by atoms with Crippen molar-refractivity contribution in [2.75, 3.05) is 73.5 Å². The molecule has 1 aliphatic heterocycles. The first-order valence-electron chi connectivity index (χ1n) is 14.2. The zero-order valence-electron chi connectivity index (χ0n) is 25.3. The van der Waals surface area contributed by atoms with Crippen molar-refractivity contribution in [3.05, 3.63) is 59.7 Å². The number of hydrogen-bond donors (Lipinski definition) is 2. The van der Waals surface area contributed by atoms with Crippen LogP contribution in [0.2, 0.25) is 6.82 Å². The summed E-state index contributed by atoms with van der Waals surface area (Å²) in [4.78, 5) is 11.2. The Hall–Kier alpha value is -2.59. The molecule has 1 saturated heterocycles. The van der Waals surface area contributed by atoms with E-state index in [4.69, 9.17) is 23.7 Å². The molecule has 0 aromatic heterocycles. The molecule has 1 aliphatic rings. The van der Waals surface area contributed by atoms with Crippen molar-refractivity contribution in [2.45, 2.75) is 46.4 Å². The van der Waals surface area contributed by atoms with Gasteiger partial charge in [-0.3, -0.25) is 4.79 Å². The molecule has 3 rings (SSSR count). The summed E-state index contributed by atoms with van der Waals surface area (Å²) in [6, 6.07) is 15.8. The molecular weight excluding hydrogens is 507 g/mol. The SMILES string of the molecule is C1CCOC1.CCOCCOc1cccc(CC(=O)NC)c1.CCOCCOc1cccc(CCNC)c1.[B]C. The average Bonchev–Trinajstić information content (AvgIpc) is 3.59. The molecule has 40 heavy (non-hydrogen) atoms. The number of rotatable bonds is 15. The highest BCUT2D eigenvalue weighted by atomic mass is 16.5. The largest absolute Gasteiger partial charge is 0.491 e. The van der Waals surface area contributed by atoms with E-state index in [1.165, 1.54) is 25.2 Å². The molecule has 8 nitrogen and oxygen atoms in total. The molecular formula is C31H51BN2O6. The van der Waals surface area contributed by atoms with Crippen LogP contribution in [-0.4, -0.2) is 87.2 Å². The molecule has 2 aromatic carbocycles. The predicted octanol–water partition coefficient (Wildman–Crippen LogP) is 4.25. The zero-order valence-corrected chi connectivity index (χ0v) is 25.3. The number of ether oxygens (including phenoxy) is 5. The Balaban J connectivity index is 0.000000614. The normalized spacial score (nSPS) is 11.5. The summed E-state index contributed by atoms with van der Waals surface area (Å²) >= 11 is 0. The topological polar surface area (TPSA) is 87.3 Å². The molecule has 9 heteroatoms. The fraction of sp³-hybridized carbons (Fsp3) is 0.581. The van der Waals surface area contributed by atoms with Crippen LogP contribution >= 0.6 is 0 Å². The van der Waals surface area contributed by atoms with E-state index >= 15 is 0 Å². The van der Waals surface area contributed by atoms with E-state index in [0.29, 0.717) is 39.5 Å². The van der Waals surface area contributed by atoms with E-state index in [0.717, 1.165) is 49.8 Å². The van der Waals surface area contributed by atoms with Crippen molar-refractivity contribution < 1.29 is 28.5 Å². The Kier molecular flexibility index (Phi) is 26.2. The Morgan fingerprint density at radius 2 is 1.35 bits per heavy atom. The lowest BCUT2D eigenvalue weighted by Gasteiger charge is -2.08. The van der Waals surface area contributed by atoms with Gasteiger partial charge in [-0.15, -0.1) is 0 Å². The van der Waals surface area contributed by atoms with Gasteiger partial charge in [0.1, 0.15) is 24.7 Å². The van der Waals surface area contributed by atoms with Gasteiger partial charge in [-0.25, -0.2) is 0 Å². The quantitative estimate of drug-likeness (QED) is 0.250. The van der Waals surface area contributed by atoms with Crippen molar-refractivity contribution in [3.8, 4) is 11.5 Å². The molecule has 1 amide bonds. The highest BCUT2D eigenvalue weighted by Gasteiger charge is 2.02. The van der Waals surface area contributed by atoms with Crippen molar-refractivity contribution in [3.63, 3.8) is 0 Å². The van der Waals surface area contributed by atoms with E-state index in [9.17, 15) is 4.79 Å². The number of carbonyl (C=O) groups excluding carboxylic acids is 1. The molecule has 0 spiro atoms. The van der Waals surface area contributed by atoms with E-state index in [1.807, 2.05) is 57.3 Å². The number of carbonyl (C=O) groups is 1. The Bertz CT molecular complexity index is 844. The third-order valence-corrected chi connectivity index (χ3v) is 5.33. The number of nitrogens with one attached hydrogen (secondary N) is 2. The predicted molar refractivity (Wildman–Crippen MR) is 164 cm³/mol. The van der Waals surface area contributed by atoms with Crippen LogP contribution in [0.5, 0.6) is 11.5 Å². The number of benzene rings is 2. The maximum Gasteiger partial charge on any atom is 0.224 e.